The molecule has 4 heteroatoms. The fourth-order valence-corrected chi connectivity index (χ4v) is 3.54. The molecule has 1 aliphatic heterocycles. The molecule has 0 saturated carbocycles. The van der Waals surface area contributed by atoms with Gasteiger partial charge in [0.25, 0.3) is 0 Å². The minimum Gasteiger partial charge on any atom is -0.314 e. The molecule has 0 radical (unpaired) electrons. The van der Waals surface area contributed by atoms with Crippen molar-refractivity contribution in [3.05, 3.63) is 16.1 Å². The van der Waals surface area contributed by atoms with Gasteiger partial charge in [0.05, 0.1) is 5.01 Å². The van der Waals surface area contributed by atoms with E-state index in [0.717, 1.165) is 31.1 Å². The van der Waals surface area contributed by atoms with E-state index in [0.29, 0.717) is 6.04 Å². The Labute approximate surface area is 115 Å². The highest BCUT2D eigenvalue weighted by atomic mass is 32.1. The number of rotatable bonds is 5. The average Bonchev–Trinajstić information content (AvgIpc) is 2.76. The second kappa shape index (κ2) is 6.64. The Morgan fingerprint density at radius 2 is 2.39 bits per heavy atom. The lowest BCUT2D eigenvalue weighted by molar-refractivity contribution is 0.150. The van der Waals surface area contributed by atoms with Crippen LogP contribution < -0.4 is 5.32 Å². The lowest BCUT2D eigenvalue weighted by atomic mass is 9.94. The van der Waals surface area contributed by atoms with E-state index >= 15 is 0 Å². The largest absolute Gasteiger partial charge is 0.314 e. The number of hydrogen-bond donors (Lipinski definition) is 1. The summed E-state index contributed by atoms with van der Waals surface area (Å²) in [5, 5.41) is 7.03. The van der Waals surface area contributed by atoms with E-state index in [2.05, 4.69) is 41.4 Å². The van der Waals surface area contributed by atoms with Gasteiger partial charge >= 0.3 is 0 Å². The maximum atomic E-state index is 4.54. The number of nitrogens with one attached hydrogen (secondary N) is 1. The van der Waals surface area contributed by atoms with Crippen molar-refractivity contribution >= 4 is 11.3 Å². The van der Waals surface area contributed by atoms with Crippen LogP contribution >= 0.6 is 11.3 Å². The van der Waals surface area contributed by atoms with Gasteiger partial charge in [-0.1, -0.05) is 13.8 Å². The molecule has 1 aliphatic rings. The third kappa shape index (κ3) is 3.77. The van der Waals surface area contributed by atoms with E-state index in [1.807, 2.05) is 0 Å². The summed E-state index contributed by atoms with van der Waals surface area (Å²) in [6.07, 6.45) is 2.39. The van der Waals surface area contributed by atoms with Gasteiger partial charge in [0, 0.05) is 36.6 Å². The van der Waals surface area contributed by atoms with Crippen LogP contribution in [0.5, 0.6) is 0 Å². The summed E-state index contributed by atoms with van der Waals surface area (Å²) in [5.74, 6) is 0.761. The normalized spacial score (nSPS) is 25.5. The van der Waals surface area contributed by atoms with Gasteiger partial charge in [-0.05, 0) is 32.4 Å². The van der Waals surface area contributed by atoms with Gasteiger partial charge in [0.1, 0.15) is 0 Å². The van der Waals surface area contributed by atoms with Crippen LogP contribution in [-0.2, 0) is 6.42 Å². The van der Waals surface area contributed by atoms with Gasteiger partial charge in [-0.25, -0.2) is 4.98 Å². The summed E-state index contributed by atoms with van der Waals surface area (Å²) >= 11 is 1.80. The van der Waals surface area contributed by atoms with Crippen LogP contribution in [0.1, 0.15) is 31.0 Å². The molecule has 2 heterocycles. The summed E-state index contributed by atoms with van der Waals surface area (Å²) in [6, 6.07) is 0.716. The number of thiazole rings is 1. The topological polar surface area (TPSA) is 28.2 Å². The zero-order valence-electron chi connectivity index (χ0n) is 11.8. The molecule has 2 unspecified atom stereocenters. The first-order valence-corrected chi connectivity index (χ1v) is 7.93. The number of likely N-dealkylation sites (tertiary alicyclic amines) is 1. The van der Waals surface area contributed by atoms with Crippen molar-refractivity contribution in [3.63, 3.8) is 0 Å². The van der Waals surface area contributed by atoms with Crippen molar-refractivity contribution in [1.29, 1.82) is 0 Å². The molecule has 0 aromatic carbocycles. The Morgan fingerprint density at radius 1 is 1.56 bits per heavy atom. The second-order valence-corrected chi connectivity index (χ2v) is 6.31. The maximum absolute atomic E-state index is 4.54. The summed E-state index contributed by atoms with van der Waals surface area (Å²) in [4.78, 5) is 7.13. The predicted octanol–water partition coefficient (Wildman–Crippen LogP) is 2.31. The lowest BCUT2D eigenvalue weighted by Crippen LogP contribution is -2.48. The van der Waals surface area contributed by atoms with Crippen LogP contribution in [0, 0.1) is 12.8 Å². The van der Waals surface area contributed by atoms with Gasteiger partial charge in [0.15, 0.2) is 0 Å². The highest BCUT2D eigenvalue weighted by Crippen LogP contribution is 2.17. The molecule has 1 aromatic heterocycles. The van der Waals surface area contributed by atoms with Gasteiger partial charge in [-0.3, -0.25) is 0 Å². The van der Waals surface area contributed by atoms with Crippen LogP contribution in [0.25, 0.3) is 0 Å². The first-order valence-electron chi connectivity index (χ1n) is 7.05. The van der Waals surface area contributed by atoms with E-state index in [4.69, 9.17) is 0 Å². The molecule has 2 atom stereocenters. The fraction of sp³-hybridized carbons (Fsp3) is 0.786. The molecule has 102 valence electrons. The minimum absolute atomic E-state index is 0.716. The fourth-order valence-electron chi connectivity index (χ4n) is 2.77. The first-order chi connectivity index (χ1) is 8.69. The molecule has 1 fully saturated rings. The summed E-state index contributed by atoms with van der Waals surface area (Å²) in [6.45, 7) is 11.3. The SMILES string of the molecule is CCNC1CCN(CCc2nc(C)cs2)CC1C. The van der Waals surface area contributed by atoms with Crippen LogP contribution in [0.4, 0.5) is 0 Å². The molecular weight excluding hydrogens is 242 g/mol. The van der Waals surface area contributed by atoms with Crippen molar-refractivity contribution < 1.29 is 0 Å². The Bertz CT molecular complexity index is 364. The van der Waals surface area contributed by atoms with Gasteiger partial charge in [0.2, 0.25) is 0 Å². The van der Waals surface area contributed by atoms with Crippen LogP contribution in [-0.4, -0.2) is 42.1 Å². The van der Waals surface area contributed by atoms with Gasteiger partial charge in [-0.2, -0.15) is 0 Å². The summed E-state index contributed by atoms with van der Waals surface area (Å²) in [7, 11) is 0. The summed E-state index contributed by atoms with van der Waals surface area (Å²) in [5.41, 5.74) is 1.16. The minimum atomic E-state index is 0.716. The van der Waals surface area contributed by atoms with E-state index in [-0.39, 0.29) is 0 Å². The Balaban J connectivity index is 1.75. The van der Waals surface area contributed by atoms with E-state index in [9.17, 15) is 0 Å². The molecule has 1 N–H and O–H groups in total. The van der Waals surface area contributed by atoms with Crippen molar-refractivity contribution in [2.45, 2.75) is 39.7 Å². The molecule has 1 aromatic rings. The van der Waals surface area contributed by atoms with E-state index in [1.165, 1.54) is 24.5 Å². The lowest BCUT2D eigenvalue weighted by Gasteiger charge is -2.37. The Kier molecular flexibility index (Phi) is 5.15. The van der Waals surface area contributed by atoms with Crippen molar-refractivity contribution in [3.8, 4) is 0 Å². The molecule has 2 rings (SSSR count). The number of aryl methyl sites for hydroxylation is 1. The molecule has 18 heavy (non-hydrogen) atoms. The molecule has 1 saturated heterocycles. The van der Waals surface area contributed by atoms with Crippen molar-refractivity contribution in [2.24, 2.45) is 5.92 Å². The molecule has 3 nitrogen and oxygen atoms in total. The predicted molar refractivity (Wildman–Crippen MR) is 78.2 cm³/mol. The first kappa shape index (κ1) is 14.0. The van der Waals surface area contributed by atoms with E-state index < -0.39 is 0 Å². The number of piperidine rings is 1. The second-order valence-electron chi connectivity index (χ2n) is 5.36. The zero-order chi connectivity index (χ0) is 13.0. The maximum Gasteiger partial charge on any atom is 0.0940 e. The van der Waals surface area contributed by atoms with Crippen LogP contribution in [0.3, 0.4) is 0 Å². The molecular formula is C14H25N3S. The quantitative estimate of drug-likeness (QED) is 0.887. The molecule has 0 aliphatic carbocycles. The van der Waals surface area contributed by atoms with Crippen molar-refractivity contribution in [2.75, 3.05) is 26.2 Å². The number of aromatic nitrogens is 1. The Morgan fingerprint density at radius 3 is 3.00 bits per heavy atom. The van der Waals surface area contributed by atoms with Crippen molar-refractivity contribution in [1.82, 2.24) is 15.2 Å². The van der Waals surface area contributed by atoms with Crippen LogP contribution in [0.2, 0.25) is 0 Å². The van der Waals surface area contributed by atoms with E-state index in [1.54, 1.807) is 11.3 Å². The molecule has 0 amide bonds. The average molecular weight is 267 g/mol. The Hall–Kier alpha value is -0.450. The smallest absolute Gasteiger partial charge is 0.0940 e. The molecule has 0 spiro atoms. The summed E-state index contributed by atoms with van der Waals surface area (Å²) < 4.78 is 0. The van der Waals surface area contributed by atoms with Gasteiger partial charge < -0.3 is 10.2 Å². The standard InChI is InChI=1S/C14H25N3S/c1-4-15-13-5-7-17(9-11(13)2)8-6-14-16-12(3)10-18-14/h10-11,13,15H,4-9H2,1-3H3. The third-order valence-corrected chi connectivity index (χ3v) is 4.79. The zero-order valence-corrected chi connectivity index (χ0v) is 12.6. The van der Waals surface area contributed by atoms with Gasteiger partial charge in [-0.15, -0.1) is 11.3 Å². The number of nitrogens with zero attached hydrogens (tertiary/aromatic N) is 2. The number of hydrogen-bond acceptors (Lipinski definition) is 4. The highest BCUT2D eigenvalue weighted by Gasteiger charge is 2.24. The highest BCUT2D eigenvalue weighted by molar-refractivity contribution is 7.09. The third-order valence-electron chi connectivity index (χ3n) is 3.76. The van der Waals surface area contributed by atoms with Crippen LogP contribution in [0.15, 0.2) is 5.38 Å². The monoisotopic (exact) mass is 267 g/mol. The molecule has 0 bridgehead atoms.